The molecule has 3 nitrogen and oxygen atoms in total. The average molecular weight is 266 g/mol. The van der Waals surface area contributed by atoms with Gasteiger partial charge in [-0.15, -0.1) is 5.10 Å². The summed E-state index contributed by atoms with van der Waals surface area (Å²) < 4.78 is 17.1. The first-order valence-corrected chi connectivity index (χ1v) is 6.66. The summed E-state index contributed by atoms with van der Waals surface area (Å²) >= 11 is 1.20. The third-order valence-corrected chi connectivity index (χ3v) is 3.64. The maximum atomic E-state index is 13.2. The fourth-order valence-corrected chi connectivity index (χ4v) is 2.53. The first kappa shape index (κ1) is 13.1. The van der Waals surface area contributed by atoms with Crippen molar-refractivity contribution in [2.24, 2.45) is 0 Å². The number of nitrogens with zero attached hydrogens (tertiary/aromatic N) is 2. The average Bonchev–Trinajstić information content (AvgIpc) is 2.80. The van der Waals surface area contributed by atoms with Crippen LogP contribution in [0.5, 0.6) is 0 Å². The third kappa shape index (κ3) is 2.57. The fourth-order valence-electron chi connectivity index (χ4n) is 1.82. The van der Waals surface area contributed by atoms with Crippen molar-refractivity contribution in [2.45, 2.75) is 32.8 Å². The van der Waals surface area contributed by atoms with E-state index in [0.29, 0.717) is 11.1 Å². The Labute approximate surface area is 109 Å². The van der Waals surface area contributed by atoms with E-state index >= 15 is 0 Å². The number of hydrogen-bond acceptors (Lipinski definition) is 4. The number of hydrogen-bond donors (Lipinski definition) is 1. The van der Waals surface area contributed by atoms with Crippen LogP contribution >= 0.6 is 11.5 Å². The molecule has 0 aliphatic rings. The van der Waals surface area contributed by atoms with E-state index in [9.17, 15) is 9.50 Å². The van der Waals surface area contributed by atoms with Gasteiger partial charge in [0.25, 0.3) is 0 Å². The van der Waals surface area contributed by atoms with E-state index in [2.05, 4.69) is 16.5 Å². The molecule has 0 radical (unpaired) electrons. The maximum Gasteiger partial charge on any atom is 0.126 e. The van der Waals surface area contributed by atoms with Crippen LogP contribution in [0, 0.1) is 12.7 Å². The van der Waals surface area contributed by atoms with Crippen molar-refractivity contribution in [1.82, 2.24) is 9.59 Å². The number of rotatable bonds is 4. The van der Waals surface area contributed by atoms with E-state index in [4.69, 9.17) is 0 Å². The zero-order valence-corrected chi connectivity index (χ0v) is 11.2. The second kappa shape index (κ2) is 5.54. The van der Waals surface area contributed by atoms with E-state index < -0.39 is 6.10 Å². The molecule has 1 aromatic carbocycles. The van der Waals surface area contributed by atoms with E-state index in [-0.39, 0.29) is 5.82 Å². The van der Waals surface area contributed by atoms with Gasteiger partial charge in [-0.2, -0.15) is 0 Å². The van der Waals surface area contributed by atoms with Crippen molar-refractivity contribution in [2.75, 3.05) is 0 Å². The molecule has 1 N–H and O–H groups in total. The lowest BCUT2D eigenvalue weighted by molar-refractivity contribution is 0.222. The van der Waals surface area contributed by atoms with Crippen molar-refractivity contribution in [3.8, 4) is 0 Å². The molecule has 2 aromatic rings. The fraction of sp³-hybridized carbons (Fsp3) is 0.385. The predicted octanol–water partition coefficient (Wildman–Crippen LogP) is 3.02. The van der Waals surface area contributed by atoms with Crippen molar-refractivity contribution < 1.29 is 9.50 Å². The summed E-state index contributed by atoms with van der Waals surface area (Å²) in [5.41, 5.74) is 2.04. The summed E-state index contributed by atoms with van der Waals surface area (Å²) in [4.78, 5) is 0.753. The molecule has 1 atom stereocenters. The Balaban J connectivity index is 2.32. The molecule has 0 amide bonds. The number of aryl methyl sites for hydroxylation is 2. The highest BCUT2D eigenvalue weighted by atomic mass is 32.1. The first-order valence-electron chi connectivity index (χ1n) is 5.88. The monoisotopic (exact) mass is 266 g/mol. The minimum absolute atomic E-state index is 0.262. The summed E-state index contributed by atoms with van der Waals surface area (Å²) in [5, 5.41) is 14.3. The van der Waals surface area contributed by atoms with Gasteiger partial charge in [0.1, 0.15) is 11.9 Å². The lowest BCUT2D eigenvalue weighted by Gasteiger charge is -2.11. The maximum absolute atomic E-state index is 13.2. The van der Waals surface area contributed by atoms with Gasteiger partial charge in [-0.3, -0.25) is 0 Å². The van der Waals surface area contributed by atoms with Gasteiger partial charge in [-0.05, 0) is 42.1 Å². The van der Waals surface area contributed by atoms with Gasteiger partial charge in [0.2, 0.25) is 0 Å². The molecule has 1 aromatic heterocycles. The summed E-state index contributed by atoms with van der Waals surface area (Å²) in [6.07, 6.45) is 0.974. The SMILES string of the molecule is CCCc1nnsc1C(O)c1ccc(F)c(C)c1. The topological polar surface area (TPSA) is 46.0 Å². The van der Waals surface area contributed by atoms with E-state index in [1.807, 2.05) is 0 Å². The van der Waals surface area contributed by atoms with E-state index in [1.54, 1.807) is 19.1 Å². The van der Waals surface area contributed by atoms with Crippen molar-refractivity contribution in [3.63, 3.8) is 0 Å². The molecule has 0 spiro atoms. The van der Waals surface area contributed by atoms with Crippen LogP contribution in [0.25, 0.3) is 0 Å². The van der Waals surface area contributed by atoms with E-state index in [0.717, 1.165) is 23.4 Å². The highest BCUT2D eigenvalue weighted by molar-refractivity contribution is 7.05. The lowest BCUT2D eigenvalue weighted by atomic mass is 10.0. The van der Waals surface area contributed by atoms with Gasteiger partial charge >= 0.3 is 0 Å². The van der Waals surface area contributed by atoms with Crippen LogP contribution in [-0.2, 0) is 6.42 Å². The van der Waals surface area contributed by atoms with Gasteiger partial charge in [0.15, 0.2) is 0 Å². The summed E-state index contributed by atoms with van der Waals surface area (Å²) in [5.74, 6) is -0.262. The lowest BCUT2D eigenvalue weighted by Crippen LogP contribution is -2.02. The zero-order chi connectivity index (χ0) is 13.1. The Hall–Kier alpha value is -1.33. The van der Waals surface area contributed by atoms with Gasteiger partial charge in [0.05, 0.1) is 10.6 Å². The number of aliphatic hydroxyl groups excluding tert-OH is 1. The predicted molar refractivity (Wildman–Crippen MR) is 69.1 cm³/mol. The molecule has 0 aliphatic carbocycles. The Kier molecular flexibility index (Phi) is 4.04. The molecule has 5 heteroatoms. The summed E-state index contributed by atoms with van der Waals surface area (Å²) in [6.45, 7) is 3.74. The number of aliphatic hydroxyl groups is 1. The Morgan fingerprint density at radius 2 is 2.22 bits per heavy atom. The minimum atomic E-state index is -0.772. The number of aromatic nitrogens is 2. The quantitative estimate of drug-likeness (QED) is 0.925. The molecule has 18 heavy (non-hydrogen) atoms. The van der Waals surface area contributed by atoms with Crippen molar-refractivity contribution >= 4 is 11.5 Å². The Morgan fingerprint density at radius 1 is 1.44 bits per heavy atom. The normalized spacial score (nSPS) is 12.7. The number of benzene rings is 1. The summed E-state index contributed by atoms with van der Waals surface area (Å²) in [7, 11) is 0. The van der Waals surface area contributed by atoms with Crippen molar-refractivity contribution in [1.29, 1.82) is 0 Å². The van der Waals surface area contributed by atoms with Crippen LogP contribution in [-0.4, -0.2) is 14.7 Å². The molecule has 0 fully saturated rings. The molecular weight excluding hydrogens is 251 g/mol. The first-order chi connectivity index (χ1) is 8.63. The molecule has 1 unspecified atom stereocenters. The molecule has 0 bridgehead atoms. The second-order valence-electron chi connectivity index (χ2n) is 4.25. The molecule has 2 rings (SSSR count). The molecule has 0 saturated carbocycles. The standard InChI is InChI=1S/C13H15FN2OS/c1-3-4-11-13(18-16-15-11)12(17)9-5-6-10(14)8(2)7-9/h5-7,12,17H,3-4H2,1-2H3. The van der Waals surface area contributed by atoms with Crippen LogP contribution in [0.1, 0.15) is 41.1 Å². The Bertz CT molecular complexity index is 542. The van der Waals surface area contributed by atoms with Crippen LogP contribution in [0.15, 0.2) is 18.2 Å². The van der Waals surface area contributed by atoms with Gasteiger partial charge in [-0.25, -0.2) is 4.39 Å². The molecule has 1 heterocycles. The van der Waals surface area contributed by atoms with Crippen LogP contribution in [0.3, 0.4) is 0 Å². The van der Waals surface area contributed by atoms with Crippen LogP contribution in [0.4, 0.5) is 4.39 Å². The van der Waals surface area contributed by atoms with E-state index in [1.165, 1.54) is 17.6 Å². The van der Waals surface area contributed by atoms with Gasteiger partial charge < -0.3 is 5.11 Å². The zero-order valence-electron chi connectivity index (χ0n) is 10.4. The summed E-state index contributed by atoms with van der Waals surface area (Å²) in [6, 6.07) is 4.64. The highest BCUT2D eigenvalue weighted by Gasteiger charge is 2.18. The Morgan fingerprint density at radius 3 is 2.89 bits per heavy atom. The van der Waals surface area contributed by atoms with Gasteiger partial charge in [-0.1, -0.05) is 30.0 Å². The largest absolute Gasteiger partial charge is 0.383 e. The third-order valence-electron chi connectivity index (χ3n) is 2.82. The molecule has 0 saturated heterocycles. The van der Waals surface area contributed by atoms with Crippen LogP contribution < -0.4 is 0 Å². The molecule has 96 valence electrons. The van der Waals surface area contributed by atoms with Crippen molar-refractivity contribution in [3.05, 3.63) is 45.7 Å². The second-order valence-corrected chi connectivity index (χ2v) is 5.03. The number of halogens is 1. The smallest absolute Gasteiger partial charge is 0.126 e. The van der Waals surface area contributed by atoms with Crippen LogP contribution in [0.2, 0.25) is 0 Å². The molecular formula is C13H15FN2OS. The highest BCUT2D eigenvalue weighted by Crippen LogP contribution is 2.28. The molecule has 0 aliphatic heterocycles. The minimum Gasteiger partial charge on any atom is -0.383 e. The van der Waals surface area contributed by atoms with Gasteiger partial charge in [0, 0.05) is 0 Å².